The minimum absolute atomic E-state index is 0.868. The Hall–Kier alpha value is -4.70. The summed E-state index contributed by atoms with van der Waals surface area (Å²) in [6, 6.07) is 44.3. The number of rotatable bonds is 8. The van der Waals surface area contributed by atoms with Crippen LogP contribution in [0.15, 0.2) is 133 Å². The van der Waals surface area contributed by atoms with Crippen molar-refractivity contribution in [2.45, 2.75) is 0 Å². The zero-order chi connectivity index (χ0) is 23.0. The Morgan fingerprint density at radius 1 is 0.324 bits per heavy atom. The number of hydrogen-bond acceptors (Lipinski definition) is 2. The number of nitrogens with one attached hydrogen (secondary N) is 2. The predicted molar refractivity (Wildman–Crippen MR) is 142 cm³/mol. The van der Waals surface area contributed by atoms with Gasteiger partial charge in [0.25, 0.3) is 0 Å². The molecule has 5 aromatic carbocycles. The van der Waals surface area contributed by atoms with Crippen molar-refractivity contribution in [3.8, 4) is 0 Å². The minimum atomic E-state index is 0.868. The van der Waals surface area contributed by atoms with Gasteiger partial charge >= 0.3 is 0 Å². The molecule has 0 aliphatic carbocycles. The van der Waals surface area contributed by atoms with Gasteiger partial charge in [0, 0.05) is 22.7 Å². The van der Waals surface area contributed by atoms with Gasteiger partial charge in [-0.3, -0.25) is 0 Å². The van der Waals surface area contributed by atoms with Crippen molar-refractivity contribution in [3.05, 3.63) is 133 Å². The first-order valence-corrected chi connectivity index (χ1v) is 11.2. The Morgan fingerprint density at radius 2 is 0.706 bits per heavy atom. The number of benzene rings is 5. The highest BCUT2D eigenvalue weighted by Gasteiger charge is 2.03. The summed E-state index contributed by atoms with van der Waals surface area (Å²) >= 11 is 0. The maximum atomic E-state index is 4.75. The molecule has 34 heavy (non-hydrogen) atoms. The molecule has 0 aliphatic rings. The third-order valence-electron chi connectivity index (χ3n) is 5.21. The average molecular weight is 441 g/mol. The highest BCUT2D eigenvalue weighted by molar-refractivity contribution is 5.65. The fourth-order valence-electron chi connectivity index (χ4n) is 3.55. The van der Waals surface area contributed by atoms with Gasteiger partial charge < -0.3 is 10.6 Å². The zero-order valence-electron chi connectivity index (χ0n) is 18.6. The van der Waals surface area contributed by atoms with Crippen LogP contribution >= 0.6 is 0 Å². The molecule has 2 N–H and O–H groups in total. The first-order chi connectivity index (χ1) is 16.8. The van der Waals surface area contributed by atoms with Gasteiger partial charge in [0.05, 0.1) is 22.7 Å². The monoisotopic (exact) mass is 440 g/mol. The van der Waals surface area contributed by atoms with Crippen LogP contribution in [0.4, 0.5) is 45.5 Å². The Kier molecular flexibility index (Phi) is 6.40. The summed E-state index contributed by atoms with van der Waals surface area (Å²) in [5, 5.41) is 16.3. The second-order valence-electron chi connectivity index (χ2n) is 7.82. The maximum absolute atomic E-state index is 4.75. The van der Waals surface area contributed by atoms with E-state index in [1.54, 1.807) is 0 Å². The van der Waals surface area contributed by atoms with Crippen LogP contribution in [-0.2, 0) is 0 Å². The van der Waals surface area contributed by atoms with Gasteiger partial charge in [0.2, 0.25) is 0 Å². The molecular formula is C30H24N4. The quantitative estimate of drug-likeness (QED) is 0.255. The van der Waals surface area contributed by atoms with Gasteiger partial charge in [-0.1, -0.05) is 42.5 Å². The molecule has 0 bridgehead atoms. The van der Waals surface area contributed by atoms with E-state index in [0.717, 1.165) is 45.5 Å². The standard InChI is InChI=1S/C30H24N4/c1-3-8-23(9-4-1)31-25-14-18-27(19-15-25)33-29-12-7-13-30(22-29)34-28-20-16-26(17-21-28)32-24-10-5-2-6-11-24/h1-22,31-32H. The molecule has 0 unspecified atom stereocenters. The van der Waals surface area contributed by atoms with Gasteiger partial charge in [-0.25, -0.2) is 10.6 Å². The molecule has 5 rings (SSSR count). The van der Waals surface area contributed by atoms with Crippen LogP contribution in [0.1, 0.15) is 0 Å². The molecule has 0 atom stereocenters. The topological polar surface area (TPSA) is 52.3 Å². The van der Waals surface area contributed by atoms with Crippen LogP contribution in [0.2, 0.25) is 0 Å². The molecule has 4 nitrogen and oxygen atoms in total. The van der Waals surface area contributed by atoms with Crippen molar-refractivity contribution in [3.63, 3.8) is 0 Å². The fraction of sp³-hybridized carbons (Fsp3) is 0. The van der Waals surface area contributed by atoms with E-state index in [1.807, 2.05) is 133 Å². The predicted octanol–water partition coefficient (Wildman–Crippen LogP) is 8.31. The van der Waals surface area contributed by atoms with Crippen molar-refractivity contribution in [1.29, 1.82) is 0 Å². The fourth-order valence-corrected chi connectivity index (χ4v) is 3.55. The summed E-state index contributed by atoms with van der Waals surface area (Å²) in [6.07, 6.45) is 0. The van der Waals surface area contributed by atoms with Crippen molar-refractivity contribution in [2.75, 3.05) is 10.6 Å². The number of nitrogens with zero attached hydrogens (tertiary/aromatic N) is 2. The Morgan fingerprint density at radius 3 is 1.12 bits per heavy atom. The van der Waals surface area contributed by atoms with Crippen LogP contribution in [0.5, 0.6) is 0 Å². The van der Waals surface area contributed by atoms with E-state index >= 15 is 0 Å². The number of para-hydroxylation sites is 2. The normalized spacial score (nSPS) is 10.4. The van der Waals surface area contributed by atoms with Crippen molar-refractivity contribution in [2.24, 2.45) is 0 Å². The molecule has 0 aromatic heterocycles. The summed E-state index contributed by atoms with van der Waals surface area (Å²) in [7, 11) is 0. The molecule has 0 saturated heterocycles. The first-order valence-electron chi connectivity index (χ1n) is 11.2. The van der Waals surface area contributed by atoms with E-state index in [1.165, 1.54) is 0 Å². The molecule has 4 heteroatoms. The lowest BCUT2D eigenvalue weighted by molar-refractivity contribution is 1.15. The van der Waals surface area contributed by atoms with Crippen LogP contribution in [-0.4, -0.2) is 0 Å². The van der Waals surface area contributed by atoms with Crippen LogP contribution < -0.4 is 21.3 Å². The Labute approximate surface area is 200 Å². The van der Waals surface area contributed by atoms with Crippen molar-refractivity contribution in [1.82, 2.24) is 10.6 Å². The van der Waals surface area contributed by atoms with E-state index < -0.39 is 0 Å². The van der Waals surface area contributed by atoms with E-state index in [0.29, 0.717) is 0 Å². The molecular weight excluding hydrogens is 416 g/mol. The second-order valence-corrected chi connectivity index (χ2v) is 7.82. The molecule has 0 spiro atoms. The average Bonchev–Trinajstić information content (AvgIpc) is 2.88. The highest BCUT2D eigenvalue weighted by Crippen LogP contribution is 2.26. The van der Waals surface area contributed by atoms with Gasteiger partial charge in [0.15, 0.2) is 0 Å². The first kappa shape index (κ1) is 21.2. The molecule has 164 valence electrons. The van der Waals surface area contributed by atoms with E-state index in [9.17, 15) is 0 Å². The molecule has 0 fully saturated rings. The number of hydrogen-bond donors (Lipinski definition) is 2. The molecule has 5 aromatic rings. The highest BCUT2D eigenvalue weighted by atomic mass is 14.9. The third-order valence-corrected chi connectivity index (χ3v) is 5.21. The molecule has 0 heterocycles. The SMILES string of the molecule is c1ccc(Nc2ccc([N]c3cccc([N]c4ccc(Nc5ccccc5)cc4)c3)cc2)cc1. The largest absolute Gasteiger partial charge is 0.356 e. The van der Waals surface area contributed by atoms with E-state index in [-0.39, 0.29) is 0 Å². The lowest BCUT2D eigenvalue weighted by Gasteiger charge is -2.10. The molecule has 2 radical (unpaired) electrons. The third kappa shape index (κ3) is 5.75. The van der Waals surface area contributed by atoms with E-state index in [2.05, 4.69) is 10.6 Å². The van der Waals surface area contributed by atoms with Crippen molar-refractivity contribution >= 4 is 45.5 Å². The van der Waals surface area contributed by atoms with Crippen LogP contribution in [0.3, 0.4) is 0 Å². The summed E-state index contributed by atoms with van der Waals surface area (Å²) < 4.78 is 0. The van der Waals surface area contributed by atoms with Gasteiger partial charge in [-0.15, -0.1) is 0 Å². The van der Waals surface area contributed by atoms with Gasteiger partial charge in [-0.2, -0.15) is 0 Å². The lowest BCUT2D eigenvalue weighted by atomic mass is 10.2. The van der Waals surface area contributed by atoms with Crippen molar-refractivity contribution < 1.29 is 0 Å². The molecule has 0 aliphatic heterocycles. The van der Waals surface area contributed by atoms with Gasteiger partial charge in [-0.05, 0) is 91.0 Å². The number of anilines is 4. The summed E-state index contributed by atoms with van der Waals surface area (Å²) in [4.78, 5) is 0. The smallest absolute Gasteiger partial charge is 0.0658 e. The summed E-state index contributed by atoms with van der Waals surface area (Å²) in [6.45, 7) is 0. The second kappa shape index (κ2) is 10.3. The minimum Gasteiger partial charge on any atom is -0.356 e. The Bertz CT molecular complexity index is 1210. The Balaban J connectivity index is 1.20. The lowest BCUT2D eigenvalue weighted by Crippen LogP contribution is -1.94. The van der Waals surface area contributed by atoms with Crippen LogP contribution in [0.25, 0.3) is 0 Å². The summed E-state index contributed by atoms with van der Waals surface area (Å²) in [5.74, 6) is 0. The van der Waals surface area contributed by atoms with Crippen LogP contribution in [0, 0.1) is 0 Å². The van der Waals surface area contributed by atoms with E-state index in [4.69, 9.17) is 10.6 Å². The molecule has 0 amide bonds. The zero-order valence-corrected chi connectivity index (χ0v) is 18.6. The molecule has 0 saturated carbocycles. The summed E-state index contributed by atoms with van der Waals surface area (Å²) in [5.41, 5.74) is 7.70. The van der Waals surface area contributed by atoms with Gasteiger partial charge in [0.1, 0.15) is 0 Å². The maximum Gasteiger partial charge on any atom is 0.0658 e.